The number of urea groups is 1. The Morgan fingerprint density at radius 3 is 2.70 bits per heavy atom. The van der Waals surface area contributed by atoms with Gasteiger partial charge in [-0.05, 0) is 64.0 Å². The van der Waals surface area contributed by atoms with Gasteiger partial charge in [-0.1, -0.05) is 43.0 Å². The molecular formula is C28H45ClFN3O4. The van der Waals surface area contributed by atoms with Crippen LogP contribution in [0.25, 0.3) is 0 Å². The lowest BCUT2D eigenvalue weighted by atomic mass is 9.74. The molecule has 1 aliphatic carbocycles. The van der Waals surface area contributed by atoms with Gasteiger partial charge in [-0.25, -0.2) is 9.18 Å². The minimum atomic E-state index is -1.46. The van der Waals surface area contributed by atoms with Crippen molar-refractivity contribution >= 4 is 17.6 Å². The van der Waals surface area contributed by atoms with Crippen LogP contribution < -0.4 is 10.6 Å². The molecule has 1 aromatic carbocycles. The van der Waals surface area contributed by atoms with Gasteiger partial charge >= 0.3 is 6.03 Å². The average molecular weight is 542 g/mol. The molecule has 9 heteroatoms. The third-order valence-corrected chi connectivity index (χ3v) is 8.53. The Labute approximate surface area is 226 Å². The number of carbonyl (C=O) groups excluding carboxylic acids is 1. The fourth-order valence-electron chi connectivity index (χ4n) is 6.12. The number of methoxy groups -OCH3 is 1. The lowest BCUT2D eigenvalue weighted by Gasteiger charge is -2.43. The number of hydrogen-bond donors (Lipinski definition) is 4. The zero-order valence-corrected chi connectivity index (χ0v) is 23.1. The number of amides is 2. The monoisotopic (exact) mass is 541 g/mol. The molecule has 2 amide bonds. The summed E-state index contributed by atoms with van der Waals surface area (Å²) in [5.74, 6) is -0.775. The maximum Gasteiger partial charge on any atom is 0.317 e. The number of halogens is 2. The van der Waals surface area contributed by atoms with Crippen LogP contribution in [-0.2, 0) is 10.3 Å². The lowest BCUT2D eigenvalue weighted by molar-refractivity contribution is -0.0590. The second-order valence-corrected chi connectivity index (χ2v) is 11.2. The van der Waals surface area contributed by atoms with Gasteiger partial charge in [0.05, 0.1) is 22.8 Å². The molecule has 2 fully saturated rings. The van der Waals surface area contributed by atoms with Crippen LogP contribution in [0.15, 0.2) is 18.2 Å². The molecule has 1 saturated heterocycles. The standard InChI is InChI=1S/C28H45ClFN3O4/c1-31-18-24(26(34)20-10-4-3-5-11-20)32-27(35)33-16-9-12-21(19-33)28(36,15-6-7-17-37-2)22-13-8-14-23(29)25(22)30/h8,13-14,20-21,24,26,31,34,36H,3-7,9-12,15-19H2,1-2H3,(H,32,35)/t21-,24-,26+,28+/m1/s1. The minimum absolute atomic E-state index is 0.0233. The van der Waals surface area contributed by atoms with Gasteiger partial charge in [0.2, 0.25) is 0 Å². The summed E-state index contributed by atoms with van der Waals surface area (Å²) in [5.41, 5.74) is -1.28. The van der Waals surface area contributed by atoms with Crippen LogP contribution in [0.2, 0.25) is 5.02 Å². The summed E-state index contributed by atoms with van der Waals surface area (Å²) < 4.78 is 20.3. The molecule has 1 aliphatic heterocycles. The minimum Gasteiger partial charge on any atom is -0.391 e. The molecule has 7 nitrogen and oxygen atoms in total. The molecule has 1 aromatic rings. The maximum atomic E-state index is 15.2. The highest BCUT2D eigenvalue weighted by molar-refractivity contribution is 6.30. The van der Waals surface area contributed by atoms with E-state index in [1.54, 1.807) is 24.1 Å². The number of likely N-dealkylation sites (N-methyl/N-ethyl adjacent to an activating group) is 1. The largest absolute Gasteiger partial charge is 0.391 e. The molecule has 2 aliphatic rings. The van der Waals surface area contributed by atoms with E-state index in [4.69, 9.17) is 16.3 Å². The van der Waals surface area contributed by atoms with Crippen LogP contribution in [0.3, 0.4) is 0 Å². The highest BCUT2D eigenvalue weighted by Gasteiger charge is 2.43. The SMILES string of the molecule is CNC[C@@H](NC(=O)N1CCC[C@@H]([C@@](O)(CCCCOC)c2cccc(Cl)c2F)C1)[C@@H](O)C1CCCCC1. The summed E-state index contributed by atoms with van der Waals surface area (Å²) in [4.78, 5) is 15.1. The van der Waals surface area contributed by atoms with Crippen molar-refractivity contribution in [1.29, 1.82) is 0 Å². The number of piperidine rings is 1. The van der Waals surface area contributed by atoms with E-state index in [0.29, 0.717) is 51.9 Å². The molecule has 0 radical (unpaired) electrons. The predicted octanol–water partition coefficient (Wildman–Crippen LogP) is 4.43. The summed E-state index contributed by atoms with van der Waals surface area (Å²) in [5, 5.41) is 29.2. The van der Waals surface area contributed by atoms with E-state index in [2.05, 4.69) is 10.6 Å². The van der Waals surface area contributed by atoms with E-state index in [9.17, 15) is 15.0 Å². The molecule has 1 saturated carbocycles. The number of benzene rings is 1. The number of aliphatic hydroxyl groups is 2. The molecule has 0 unspecified atom stereocenters. The first kappa shape index (κ1) is 30.1. The topological polar surface area (TPSA) is 94.1 Å². The third-order valence-electron chi connectivity index (χ3n) is 8.24. The van der Waals surface area contributed by atoms with E-state index in [0.717, 1.165) is 32.1 Å². The van der Waals surface area contributed by atoms with Crippen LogP contribution in [0.5, 0.6) is 0 Å². The Morgan fingerprint density at radius 1 is 1.24 bits per heavy atom. The van der Waals surface area contributed by atoms with Crippen molar-refractivity contribution in [1.82, 2.24) is 15.5 Å². The number of likely N-dealkylation sites (tertiary alicyclic amines) is 1. The van der Waals surface area contributed by atoms with Gasteiger partial charge in [-0.3, -0.25) is 0 Å². The molecule has 1 heterocycles. The molecule has 210 valence electrons. The molecule has 37 heavy (non-hydrogen) atoms. The molecule has 4 atom stereocenters. The molecule has 0 spiro atoms. The first-order chi connectivity index (χ1) is 17.8. The second kappa shape index (κ2) is 14.6. The number of unbranched alkanes of at least 4 members (excludes halogenated alkanes) is 1. The van der Waals surface area contributed by atoms with Gasteiger partial charge < -0.3 is 30.5 Å². The fraction of sp³-hybridized carbons (Fsp3) is 0.750. The molecule has 3 rings (SSSR count). The van der Waals surface area contributed by atoms with Gasteiger partial charge in [0.15, 0.2) is 0 Å². The summed E-state index contributed by atoms with van der Waals surface area (Å²) in [6, 6.07) is 4.07. The number of nitrogens with zero attached hydrogens (tertiary/aromatic N) is 1. The van der Waals surface area contributed by atoms with Crippen molar-refractivity contribution in [3.8, 4) is 0 Å². The summed E-state index contributed by atoms with van der Waals surface area (Å²) >= 11 is 6.09. The van der Waals surface area contributed by atoms with Crippen LogP contribution in [0.1, 0.15) is 69.8 Å². The summed E-state index contributed by atoms with van der Waals surface area (Å²) in [7, 11) is 3.44. The van der Waals surface area contributed by atoms with E-state index in [1.807, 2.05) is 7.05 Å². The number of hydrogen-bond acceptors (Lipinski definition) is 5. The summed E-state index contributed by atoms with van der Waals surface area (Å²) in [6.07, 6.45) is 7.85. The quantitative estimate of drug-likeness (QED) is 0.294. The fourth-order valence-corrected chi connectivity index (χ4v) is 6.29. The van der Waals surface area contributed by atoms with E-state index in [1.165, 1.54) is 12.5 Å². The van der Waals surface area contributed by atoms with Crippen molar-refractivity contribution in [3.63, 3.8) is 0 Å². The van der Waals surface area contributed by atoms with Gasteiger partial charge in [-0.15, -0.1) is 0 Å². The van der Waals surface area contributed by atoms with Crippen molar-refractivity contribution < 1.29 is 24.1 Å². The van der Waals surface area contributed by atoms with E-state index in [-0.39, 0.29) is 28.5 Å². The number of aliphatic hydroxyl groups excluding tert-OH is 1. The number of carbonyl (C=O) groups is 1. The number of nitrogens with one attached hydrogen (secondary N) is 2. The van der Waals surface area contributed by atoms with Crippen molar-refractivity contribution in [2.24, 2.45) is 11.8 Å². The first-order valence-electron chi connectivity index (χ1n) is 13.9. The first-order valence-corrected chi connectivity index (χ1v) is 14.2. The highest BCUT2D eigenvalue weighted by atomic mass is 35.5. The lowest BCUT2D eigenvalue weighted by Crippen LogP contribution is -2.57. The Morgan fingerprint density at radius 2 is 2.00 bits per heavy atom. The molecular weight excluding hydrogens is 497 g/mol. The van der Waals surface area contributed by atoms with Crippen LogP contribution in [0.4, 0.5) is 9.18 Å². The summed E-state index contributed by atoms with van der Waals surface area (Å²) in [6.45, 7) is 1.87. The van der Waals surface area contributed by atoms with Gasteiger partial charge in [0.1, 0.15) is 5.82 Å². The van der Waals surface area contributed by atoms with Crippen LogP contribution >= 0.6 is 11.6 Å². The Kier molecular flexibility index (Phi) is 11.9. The Balaban J connectivity index is 1.75. The van der Waals surface area contributed by atoms with Gasteiger partial charge in [0.25, 0.3) is 0 Å². The normalized spacial score (nSPS) is 22.3. The predicted molar refractivity (Wildman–Crippen MR) is 144 cm³/mol. The molecule has 0 aromatic heterocycles. The number of ether oxygens (including phenoxy) is 1. The van der Waals surface area contributed by atoms with Gasteiger partial charge in [0, 0.05) is 44.8 Å². The third kappa shape index (κ3) is 7.79. The molecule has 0 bridgehead atoms. The maximum absolute atomic E-state index is 15.2. The average Bonchev–Trinajstić information content (AvgIpc) is 2.92. The van der Waals surface area contributed by atoms with Crippen molar-refractivity contribution in [2.45, 2.75) is 82.0 Å². The van der Waals surface area contributed by atoms with Crippen molar-refractivity contribution in [2.75, 3.05) is 40.4 Å². The van der Waals surface area contributed by atoms with Crippen LogP contribution in [0, 0.1) is 17.7 Å². The van der Waals surface area contributed by atoms with Gasteiger partial charge in [-0.2, -0.15) is 0 Å². The zero-order chi connectivity index (χ0) is 26.8. The number of rotatable bonds is 12. The Bertz CT molecular complexity index is 857. The van der Waals surface area contributed by atoms with E-state index < -0.39 is 23.6 Å². The second-order valence-electron chi connectivity index (χ2n) is 10.8. The van der Waals surface area contributed by atoms with Crippen molar-refractivity contribution in [3.05, 3.63) is 34.6 Å². The molecule has 4 N–H and O–H groups in total. The highest BCUT2D eigenvalue weighted by Crippen LogP contribution is 2.42. The van der Waals surface area contributed by atoms with E-state index >= 15 is 4.39 Å². The van der Waals surface area contributed by atoms with Crippen LogP contribution in [-0.4, -0.2) is 73.7 Å². The zero-order valence-electron chi connectivity index (χ0n) is 22.4. The smallest absolute Gasteiger partial charge is 0.317 e. The Hall–Kier alpha value is -1.45.